The van der Waals surface area contributed by atoms with E-state index in [4.69, 9.17) is 10.2 Å². The minimum absolute atomic E-state index is 0. The van der Waals surface area contributed by atoms with E-state index in [1.807, 2.05) is 0 Å². The molecule has 12 heavy (non-hydrogen) atoms. The fourth-order valence-corrected chi connectivity index (χ4v) is 0.788. The number of phenolic OH excluding ortho intramolecular Hbond substituents is 1. The number of aliphatic carboxylic acids is 1. The van der Waals surface area contributed by atoms with Crippen LogP contribution in [0.1, 0.15) is 5.56 Å². The molecule has 0 aliphatic rings. The molecule has 0 spiro atoms. The van der Waals surface area contributed by atoms with Crippen molar-refractivity contribution in [1.82, 2.24) is 0 Å². The number of aromatic hydroxyl groups is 1. The smallest absolute Gasteiger partial charge is 0.307 e. The van der Waals surface area contributed by atoms with Crippen molar-refractivity contribution >= 4 is 35.5 Å². The van der Waals surface area contributed by atoms with Gasteiger partial charge in [0.05, 0.1) is 6.42 Å². The van der Waals surface area contributed by atoms with Gasteiger partial charge in [0.2, 0.25) is 0 Å². The summed E-state index contributed by atoms with van der Waals surface area (Å²) in [4.78, 5) is 10.2. The van der Waals surface area contributed by atoms with Gasteiger partial charge in [-0.1, -0.05) is 12.1 Å². The number of hydrogen-bond acceptors (Lipinski definition) is 2. The van der Waals surface area contributed by atoms with Crippen LogP contribution in [0, 0.1) is 0 Å². The van der Waals surface area contributed by atoms with Crippen molar-refractivity contribution in [2.75, 3.05) is 0 Å². The van der Waals surface area contributed by atoms with Crippen LogP contribution < -0.4 is 0 Å². The van der Waals surface area contributed by atoms with Crippen LogP contribution in [0.5, 0.6) is 5.75 Å². The summed E-state index contributed by atoms with van der Waals surface area (Å²) in [5.74, 6) is -0.713. The number of hydrogen-bond donors (Lipinski definition) is 2. The molecule has 4 heteroatoms. The monoisotopic (exact) mass is 175 g/mol. The molecule has 0 aliphatic carbocycles. The van der Waals surface area contributed by atoms with E-state index in [2.05, 4.69) is 0 Å². The SMILES string of the molecule is O=C(O)Cc1ccc(O)cc1.[Na]. The Morgan fingerprint density at radius 3 is 2.17 bits per heavy atom. The molecule has 0 amide bonds. The van der Waals surface area contributed by atoms with E-state index < -0.39 is 5.97 Å². The van der Waals surface area contributed by atoms with Crippen LogP contribution in [0.4, 0.5) is 0 Å². The molecule has 59 valence electrons. The second-order valence-corrected chi connectivity index (χ2v) is 2.24. The number of benzene rings is 1. The summed E-state index contributed by atoms with van der Waals surface area (Å²) in [6.45, 7) is 0. The Labute approximate surface area is 92.3 Å². The van der Waals surface area contributed by atoms with Crippen LogP contribution in [0.25, 0.3) is 0 Å². The Morgan fingerprint density at radius 2 is 1.75 bits per heavy atom. The maximum atomic E-state index is 10.2. The van der Waals surface area contributed by atoms with Crippen molar-refractivity contribution in [1.29, 1.82) is 0 Å². The van der Waals surface area contributed by atoms with Crippen LogP contribution in [0.3, 0.4) is 0 Å². The molecule has 1 aromatic rings. The number of carbonyl (C=O) groups is 1. The zero-order chi connectivity index (χ0) is 8.27. The minimum atomic E-state index is -0.865. The van der Waals surface area contributed by atoms with E-state index in [0.717, 1.165) is 0 Å². The van der Waals surface area contributed by atoms with Crippen molar-refractivity contribution in [3.8, 4) is 5.75 Å². The predicted molar refractivity (Wildman–Crippen MR) is 45.2 cm³/mol. The maximum Gasteiger partial charge on any atom is 0.307 e. The molecule has 1 rings (SSSR count). The van der Waals surface area contributed by atoms with Gasteiger partial charge in [0, 0.05) is 29.6 Å². The molecule has 0 saturated carbocycles. The molecular formula is C8H8NaO3. The average molecular weight is 175 g/mol. The zero-order valence-corrected chi connectivity index (χ0v) is 8.82. The van der Waals surface area contributed by atoms with Crippen molar-refractivity contribution < 1.29 is 15.0 Å². The maximum absolute atomic E-state index is 10.2. The number of phenols is 1. The predicted octanol–water partition coefficient (Wildman–Crippen LogP) is 0.639. The Kier molecular flexibility index (Phi) is 4.97. The van der Waals surface area contributed by atoms with Gasteiger partial charge in [-0.2, -0.15) is 0 Å². The van der Waals surface area contributed by atoms with Crippen molar-refractivity contribution in [3.63, 3.8) is 0 Å². The quantitative estimate of drug-likeness (QED) is 0.648. The van der Waals surface area contributed by atoms with E-state index in [0.29, 0.717) is 5.56 Å². The summed E-state index contributed by atoms with van der Waals surface area (Å²) >= 11 is 0. The van der Waals surface area contributed by atoms with Gasteiger partial charge >= 0.3 is 5.97 Å². The molecule has 3 nitrogen and oxygen atoms in total. The molecule has 0 atom stereocenters. The standard InChI is InChI=1S/C8H8O3.Na/c9-7-3-1-6(2-4-7)5-8(10)11;/h1-4,9H,5H2,(H,10,11);. The molecule has 0 unspecified atom stereocenters. The summed E-state index contributed by atoms with van der Waals surface area (Å²) in [7, 11) is 0. The first kappa shape index (κ1) is 11.5. The third-order valence-electron chi connectivity index (χ3n) is 1.29. The van der Waals surface area contributed by atoms with Crippen molar-refractivity contribution in [2.45, 2.75) is 6.42 Å². The van der Waals surface area contributed by atoms with Crippen LogP contribution in [0.2, 0.25) is 0 Å². The molecule has 0 saturated heterocycles. The summed E-state index contributed by atoms with van der Waals surface area (Å²) in [6, 6.07) is 6.11. The Hall–Kier alpha value is -0.510. The van der Waals surface area contributed by atoms with Gasteiger partial charge in [-0.15, -0.1) is 0 Å². The van der Waals surface area contributed by atoms with E-state index in [9.17, 15) is 4.79 Å². The van der Waals surface area contributed by atoms with Gasteiger partial charge in [-0.05, 0) is 17.7 Å². The summed E-state index contributed by atoms with van der Waals surface area (Å²) in [5, 5.41) is 17.2. The van der Waals surface area contributed by atoms with Crippen molar-refractivity contribution in [2.24, 2.45) is 0 Å². The Morgan fingerprint density at radius 1 is 1.25 bits per heavy atom. The molecule has 0 bridgehead atoms. The summed E-state index contributed by atoms with van der Waals surface area (Å²) < 4.78 is 0. The molecule has 0 aromatic heterocycles. The number of carboxylic acids is 1. The minimum Gasteiger partial charge on any atom is -0.508 e. The van der Waals surface area contributed by atoms with Gasteiger partial charge < -0.3 is 10.2 Å². The van der Waals surface area contributed by atoms with E-state index in [1.54, 1.807) is 12.1 Å². The second kappa shape index (κ2) is 5.19. The fourth-order valence-electron chi connectivity index (χ4n) is 0.788. The molecule has 2 N–H and O–H groups in total. The number of carboxylic acid groups (broad SMARTS) is 1. The summed E-state index contributed by atoms with van der Waals surface area (Å²) in [5.41, 5.74) is 0.690. The van der Waals surface area contributed by atoms with Crippen molar-refractivity contribution in [3.05, 3.63) is 29.8 Å². The first-order chi connectivity index (χ1) is 5.18. The second-order valence-electron chi connectivity index (χ2n) is 2.24. The Balaban J connectivity index is 0.00000121. The molecule has 0 heterocycles. The fraction of sp³-hybridized carbons (Fsp3) is 0.125. The van der Waals surface area contributed by atoms with Gasteiger partial charge in [0.15, 0.2) is 0 Å². The van der Waals surface area contributed by atoms with E-state index in [1.165, 1.54) is 12.1 Å². The first-order valence-electron chi connectivity index (χ1n) is 3.18. The van der Waals surface area contributed by atoms with Crippen LogP contribution >= 0.6 is 0 Å². The van der Waals surface area contributed by atoms with Gasteiger partial charge in [-0.3, -0.25) is 4.79 Å². The first-order valence-corrected chi connectivity index (χ1v) is 3.18. The van der Waals surface area contributed by atoms with Gasteiger partial charge in [-0.25, -0.2) is 0 Å². The van der Waals surface area contributed by atoms with Crippen LogP contribution in [-0.2, 0) is 11.2 Å². The van der Waals surface area contributed by atoms with Crippen LogP contribution in [0.15, 0.2) is 24.3 Å². The molecule has 1 aromatic carbocycles. The van der Waals surface area contributed by atoms with E-state index >= 15 is 0 Å². The molecule has 0 aliphatic heterocycles. The normalized spacial score (nSPS) is 8.67. The average Bonchev–Trinajstić information content (AvgIpc) is 1.93. The Bertz CT molecular complexity index is 256. The molecule has 1 radical (unpaired) electrons. The largest absolute Gasteiger partial charge is 0.508 e. The third-order valence-corrected chi connectivity index (χ3v) is 1.29. The topological polar surface area (TPSA) is 57.5 Å². The van der Waals surface area contributed by atoms with E-state index in [-0.39, 0.29) is 41.7 Å². The third kappa shape index (κ3) is 3.76. The zero-order valence-electron chi connectivity index (χ0n) is 6.82. The molecular weight excluding hydrogens is 167 g/mol. The van der Waals surface area contributed by atoms with Crippen LogP contribution in [-0.4, -0.2) is 45.7 Å². The summed E-state index contributed by atoms with van der Waals surface area (Å²) in [6.07, 6.45) is 0.000278. The number of rotatable bonds is 2. The van der Waals surface area contributed by atoms with Gasteiger partial charge in [0.25, 0.3) is 0 Å². The van der Waals surface area contributed by atoms with Gasteiger partial charge in [0.1, 0.15) is 5.75 Å². The molecule has 0 fully saturated rings.